The van der Waals surface area contributed by atoms with Crippen molar-refractivity contribution in [2.45, 2.75) is 42.4 Å². The zero-order valence-electron chi connectivity index (χ0n) is 11.8. The lowest BCUT2D eigenvalue weighted by atomic mass is 9.91. The third-order valence-corrected chi connectivity index (χ3v) is 4.93. The molecule has 2 fully saturated rings. The first-order valence-electron chi connectivity index (χ1n) is 7.24. The summed E-state index contributed by atoms with van der Waals surface area (Å²) in [7, 11) is 0. The van der Waals surface area contributed by atoms with Crippen molar-refractivity contribution in [3.8, 4) is 0 Å². The van der Waals surface area contributed by atoms with Gasteiger partial charge in [0, 0.05) is 19.3 Å². The second-order valence-electron chi connectivity index (χ2n) is 5.64. The predicted molar refractivity (Wildman–Crippen MR) is 77.0 cm³/mol. The van der Waals surface area contributed by atoms with Crippen molar-refractivity contribution in [1.82, 2.24) is 20.1 Å². The van der Waals surface area contributed by atoms with Gasteiger partial charge >= 0.3 is 0 Å². The maximum atomic E-state index is 12.1. The van der Waals surface area contributed by atoms with Crippen molar-refractivity contribution in [3.63, 3.8) is 0 Å². The largest absolute Gasteiger partial charge is 0.394 e. The lowest BCUT2D eigenvalue weighted by Gasteiger charge is -2.36. The number of carbonyl (C=O) groups excluding carboxylic acids is 1. The van der Waals surface area contributed by atoms with Gasteiger partial charge in [0.15, 0.2) is 5.16 Å². The quantitative estimate of drug-likeness (QED) is 0.738. The van der Waals surface area contributed by atoms with Gasteiger partial charge in [0.05, 0.1) is 17.9 Å². The molecule has 0 atom stereocenters. The van der Waals surface area contributed by atoms with Gasteiger partial charge < -0.3 is 19.7 Å². The summed E-state index contributed by atoms with van der Waals surface area (Å²) in [6, 6.07) is 0.504. The fourth-order valence-electron chi connectivity index (χ4n) is 2.49. The van der Waals surface area contributed by atoms with Gasteiger partial charge in [-0.3, -0.25) is 4.79 Å². The maximum absolute atomic E-state index is 12.1. The Hall–Kier alpha value is -1.12. The number of carbonyl (C=O) groups is 1. The van der Waals surface area contributed by atoms with E-state index in [0.717, 1.165) is 18.0 Å². The topological polar surface area (TPSA) is 89.3 Å². The molecule has 1 saturated carbocycles. The highest BCUT2D eigenvalue weighted by molar-refractivity contribution is 7.99. The minimum absolute atomic E-state index is 0.0506. The van der Waals surface area contributed by atoms with Crippen LogP contribution in [-0.2, 0) is 9.53 Å². The van der Waals surface area contributed by atoms with Crippen LogP contribution >= 0.6 is 11.8 Å². The van der Waals surface area contributed by atoms with Crippen molar-refractivity contribution in [2.75, 3.05) is 25.6 Å². The van der Waals surface area contributed by atoms with Crippen LogP contribution in [0.1, 0.15) is 31.7 Å². The van der Waals surface area contributed by atoms with E-state index in [9.17, 15) is 9.90 Å². The fourth-order valence-corrected chi connectivity index (χ4v) is 3.27. The van der Waals surface area contributed by atoms with E-state index in [0.29, 0.717) is 32.1 Å². The number of aliphatic hydroxyl groups excluding tert-OH is 1. The molecule has 1 aliphatic carbocycles. The van der Waals surface area contributed by atoms with Gasteiger partial charge in [-0.2, -0.15) is 0 Å². The van der Waals surface area contributed by atoms with Gasteiger partial charge in [-0.25, -0.2) is 0 Å². The second kappa shape index (κ2) is 6.33. The number of thioether (sulfide) groups is 1. The first-order valence-corrected chi connectivity index (χ1v) is 8.23. The summed E-state index contributed by atoms with van der Waals surface area (Å²) in [5, 5.41) is 21.3. The van der Waals surface area contributed by atoms with Gasteiger partial charge in [0.2, 0.25) is 5.91 Å². The van der Waals surface area contributed by atoms with E-state index in [1.807, 2.05) is 4.57 Å². The number of hydrogen-bond acceptors (Lipinski definition) is 6. The van der Waals surface area contributed by atoms with Crippen LogP contribution in [0.5, 0.6) is 0 Å². The Labute approximate surface area is 127 Å². The highest BCUT2D eigenvalue weighted by atomic mass is 32.2. The van der Waals surface area contributed by atoms with Crippen LogP contribution in [0.3, 0.4) is 0 Å². The molecule has 3 rings (SSSR count). The molecule has 7 nitrogen and oxygen atoms in total. The molecule has 8 heteroatoms. The highest BCUT2D eigenvalue weighted by Crippen LogP contribution is 2.37. The summed E-state index contributed by atoms with van der Waals surface area (Å²) in [5.74, 6) is 0.204. The molecule has 0 unspecified atom stereocenters. The standard InChI is InChI=1S/C13H20N4O3S/c18-8-13(3-5-20-6-4-13)15-11(19)7-21-12-16-14-9-17(12)10-1-2-10/h9-10,18H,1-8H2,(H,15,19). The minimum Gasteiger partial charge on any atom is -0.394 e. The summed E-state index contributed by atoms with van der Waals surface area (Å²) in [6.45, 7) is 1.10. The van der Waals surface area contributed by atoms with Crippen LogP contribution in [-0.4, -0.2) is 56.9 Å². The zero-order valence-corrected chi connectivity index (χ0v) is 12.6. The lowest BCUT2D eigenvalue weighted by molar-refractivity contribution is -0.122. The summed E-state index contributed by atoms with van der Waals surface area (Å²) in [5.41, 5.74) is -0.528. The molecular weight excluding hydrogens is 292 g/mol. The average Bonchev–Trinajstić information content (AvgIpc) is 3.24. The number of aromatic nitrogens is 3. The van der Waals surface area contributed by atoms with Crippen molar-refractivity contribution in [3.05, 3.63) is 6.33 Å². The summed E-state index contributed by atoms with van der Waals surface area (Å²) in [6.07, 6.45) is 5.35. The number of nitrogens with zero attached hydrogens (tertiary/aromatic N) is 3. The molecule has 21 heavy (non-hydrogen) atoms. The Bertz CT molecular complexity index is 497. The normalized spacial score (nSPS) is 21.2. The Morgan fingerprint density at radius 1 is 1.52 bits per heavy atom. The summed E-state index contributed by atoms with van der Waals surface area (Å²) >= 11 is 1.39. The van der Waals surface area contributed by atoms with E-state index >= 15 is 0 Å². The summed E-state index contributed by atoms with van der Waals surface area (Å²) < 4.78 is 7.32. The van der Waals surface area contributed by atoms with Gasteiger partial charge in [-0.1, -0.05) is 11.8 Å². The number of aliphatic hydroxyl groups is 1. The molecule has 0 aromatic carbocycles. The first-order chi connectivity index (χ1) is 10.2. The summed E-state index contributed by atoms with van der Waals surface area (Å²) in [4.78, 5) is 12.1. The number of hydrogen-bond donors (Lipinski definition) is 2. The van der Waals surface area contributed by atoms with E-state index in [2.05, 4.69) is 15.5 Å². The molecule has 0 spiro atoms. The Morgan fingerprint density at radius 3 is 2.95 bits per heavy atom. The molecule has 1 aliphatic heterocycles. The molecule has 2 N–H and O–H groups in total. The fraction of sp³-hybridized carbons (Fsp3) is 0.769. The van der Waals surface area contributed by atoms with Crippen LogP contribution in [0.4, 0.5) is 0 Å². The number of rotatable bonds is 6. The number of amides is 1. The van der Waals surface area contributed by atoms with E-state index < -0.39 is 5.54 Å². The first kappa shape index (κ1) is 14.8. The van der Waals surface area contributed by atoms with E-state index in [1.54, 1.807) is 6.33 Å². The van der Waals surface area contributed by atoms with Gasteiger partial charge in [-0.15, -0.1) is 10.2 Å². The molecule has 2 heterocycles. The van der Waals surface area contributed by atoms with Gasteiger partial charge in [0.25, 0.3) is 0 Å². The van der Waals surface area contributed by atoms with Crippen LogP contribution < -0.4 is 5.32 Å². The molecule has 116 valence electrons. The molecule has 1 saturated heterocycles. The zero-order chi connectivity index (χ0) is 14.7. The minimum atomic E-state index is -0.528. The molecule has 1 aromatic heterocycles. The maximum Gasteiger partial charge on any atom is 0.230 e. The Kier molecular flexibility index (Phi) is 4.46. The van der Waals surface area contributed by atoms with Crippen molar-refractivity contribution in [2.24, 2.45) is 0 Å². The van der Waals surface area contributed by atoms with E-state index in [4.69, 9.17) is 4.74 Å². The third kappa shape index (κ3) is 3.56. The third-order valence-electron chi connectivity index (χ3n) is 3.97. The highest BCUT2D eigenvalue weighted by Gasteiger charge is 2.33. The van der Waals surface area contributed by atoms with Gasteiger partial charge in [0.1, 0.15) is 6.33 Å². The van der Waals surface area contributed by atoms with Crippen LogP contribution in [0.25, 0.3) is 0 Å². The lowest BCUT2D eigenvalue weighted by Crippen LogP contribution is -2.55. The van der Waals surface area contributed by atoms with Crippen molar-refractivity contribution in [1.29, 1.82) is 0 Å². The molecular formula is C13H20N4O3S. The molecule has 1 aromatic rings. The van der Waals surface area contributed by atoms with E-state index in [-0.39, 0.29) is 18.3 Å². The molecule has 0 radical (unpaired) electrons. The molecule has 1 amide bonds. The molecule has 0 bridgehead atoms. The number of nitrogens with one attached hydrogen (secondary N) is 1. The Balaban J connectivity index is 1.52. The van der Waals surface area contributed by atoms with Gasteiger partial charge in [-0.05, 0) is 25.7 Å². The Morgan fingerprint density at radius 2 is 2.29 bits per heavy atom. The van der Waals surface area contributed by atoms with Crippen LogP contribution in [0.2, 0.25) is 0 Å². The smallest absolute Gasteiger partial charge is 0.230 e. The predicted octanol–water partition coefficient (Wildman–Crippen LogP) is 0.363. The SMILES string of the molecule is O=C(CSc1nncn1C1CC1)NC1(CO)CCOCC1. The second-order valence-corrected chi connectivity index (χ2v) is 6.58. The van der Waals surface area contributed by atoms with Crippen molar-refractivity contribution < 1.29 is 14.6 Å². The molecule has 2 aliphatic rings. The monoisotopic (exact) mass is 312 g/mol. The number of ether oxygens (including phenoxy) is 1. The average molecular weight is 312 g/mol. The van der Waals surface area contributed by atoms with Crippen LogP contribution in [0, 0.1) is 0 Å². The van der Waals surface area contributed by atoms with E-state index in [1.165, 1.54) is 11.8 Å². The van der Waals surface area contributed by atoms with Crippen molar-refractivity contribution >= 4 is 17.7 Å². The van der Waals surface area contributed by atoms with Crippen LogP contribution in [0.15, 0.2) is 11.5 Å².